The summed E-state index contributed by atoms with van der Waals surface area (Å²) in [6.45, 7) is 3.31. The summed E-state index contributed by atoms with van der Waals surface area (Å²) in [5.74, 6) is 0.105. The smallest absolute Gasteiger partial charge is 0.269 e. The third-order valence-corrected chi connectivity index (χ3v) is 7.21. The first-order chi connectivity index (χ1) is 15.4. The van der Waals surface area contributed by atoms with E-state index < -0.39 is 39.0 Å². The number of nitrogens with one attached hydrogen (secondary N) is 1. The van der Waals surface area contributed by atoms with Crippen LogP contribution in [0.15, 0.2) is 40.2 Å². The Morgan fingerprint density at radius 2 is 2.03 bits per heavy atom. The summed E-state index contributed by atoms with van der Waals surface area (Å²) in [7, 11) is -3.37. The second-order valence-corrected chi connectivity index (χ2v) is 10.7. The van der Waals surface area contributed by atoms with Crippen molar-refractivity contribution in [2.45, 2.75) is 56.1 Å². The van der Waals surface area contributed by atoms with Crippen LogP contribution in [0.25, 0.3) is 11.0 Å². The Bertz CT molecular complexity index is 1400. The summed E-state index contributed by atoms with van der Waals surface area (Å²) in [6, 6.07) is 4.92. The summed E-state index contributed by atoms with van der Waals surface area (Å²) in [5, 5.41) is 14.0. The summed E-state index contributed by atoms with van der Waals surface area (Å²) < 4.78 is 51.9. The zero-order valence-electron chi connectivity index (χ0n) is 18.3. The zero-order chi connectivity index (χ0) is 24.1. The van der Waals surface area contributed by atoms with E-state index in [9.17, 15) is 27.1 Å². The fraction of sp³-hybridized carbons (Fsp3) is 0.409. The number of aryl methyl sites for hydroxylation is 1. The number of aromatic nitrogens is 3. The fourth-order valence-corrected chi connectivity index (χ4v) is 5.02. The Labute approximate surface area is 189 Å². The van der Waals surface area contributed by atoms with Gasteiger partial charge in [-0.3, -0.25) is 9.36 Å². The van der Waals surface area contributed by atoms with Crippen LogP contribution in [0.1, 0.15) is 49.8 Å². The highest BCUT2D eigenvalue weighted by Crippen LogP contribution is 2.40. The van der Waals surface area contributed by atoms with Crippen molar-refractivity contribution in [2.75, 3.05) is 11.6 Å². The minimum Gasteiger partial charge on any atom is -0.388 e. The van der Waals surface area contributed by atoms with Gasteiger partial charge in [0, 0.05) is 23.5 Å². The molecule has 4 rings (SSSR count). The van der Waals surface area contributed by atoms with E-state index in [0.717, 1.165) is 16.9 Å². The Kier molecular flexibility index (Phi) is 5.73. The van der Waals surface area contributed by atoms with Gasteiger partial charge in [-0.25, -0.2) is 22.2 Å². The number of hydrogen-bond donors (Lipinski definition) is 2. The van der Waals surface area contributed by atoms with Crippen molar-refractivity contribution in [3.05, 3.63) is 51.9 Å². The first-order valence-electron chi connectivity index (χ1n) is 10.4. The quantitative estimate of drug-likeness (QED) is 0.575. The van der Waals surface area contributed by atoms with Crippen LogP contribution in [0.4, 0.5) is 20.4 Å². The Morgan fingerprint density at radius 3 is 2.61 bits per heavy atom. The van der Waals surface area contributed by atoms with Gasteiger partial charge >= 0.3 is 0 Å². The van der Waals surface area contributed by atoms with Crippen LogP contribution in [0.2, 0.25) is 0 Å². The monoisotopic (exact) mass is 478 g/mol. The number of halogens is 2. The first kappa shape index (κ1) is 23.2. The second kappa shape index (κ2) is 8.14. The Hall–Kier alpha value is -2.92. The van der Waals surface area contributed by atoms with Gasteiger partial charge in [0.1, 0.15) is 5.65 Å². The van der Waals surface area contributed by atoms with Gasteiger partial charge in [-0.2, -0.15) is 4.98 Å². The molecule has 11 heteroatoms. The third kappa shape index (κ3) is 4.34. The van der Waals surface area contributed by atoms with Gasteiger partial charge in [-0.15, -0.1) is 0 Å². The second-order valence-electron chi connectivity index (χ2n) is 8.69. The molecule has 176 valence electrons. The van der Waals surface area contributed by atoms with Gasteiger partial charge in [-0.1, -0.05) is 0 Å². The topological polar surface area (TPSA) is 114 Å². The molecule has 2 heterocycles. The number of benzene rings is 1. The molecule has 0 aliphatic heterocycles. The molecule has 2 N–H and O–H groups in total. The minimum atomic E-state index is -3.37. The van der Waals surface area contributed by atoms with E-state index in [2.05, 4.69) is 15.3 Å². The lowest BCUT2D eigenvalue weighted by molar-refractivity contribution is 0.0261. The van der Waals surface area contributed by atoms with Crippen LogP contribution in [0, 0.1) is 6.92 Å². The van der Waals surface area contributed by atoms with E-state index in [0.29, 0.717) is 30.5 Å². The molecule has 8 nitrogen and oxygen atoms in total. The van der Waals surface area contributed by atoms with Gasteiger partial charge in [-0.05, 0) is 62.9 Å². The molecule has 1 saturated carbocycles. The SMILES string of the molecule is Cc1cc(S(C)(=O)=O)ccc1Nc1ncc2cc(C(F)F)c(=O)n([C@@H]3CCC[C@@]3(C)O)c2n1. The minimum absolute atomic E-state index is 0.105. The van der Waals surface area contributed by atoms with E-state index in [1.807, 2.05) is 0 Å². The lowest BCUT2D eigenvalue weighted by Crippen LogP contribution is -2.38. The van der Waals surface area contributed by atoms with Crippen LogP contribution in [-0.4, -0.2) is 39.9 Å². The zero-order valence-corrected chi connectivity index (χ0v) is 19.2. The van der Waals surface area contributed by atoms with Crippen LogP contribution in [0.5, 0.6) is 0 Å². The fourth-order valence-electron chi connectivity index (χ4n) is 4.31. The maximum atomic E-state index is 13.6. The van der Waals surface area contributed by atoms with Crippen molar-refractivity contribution >= 4 is 32.5 Å². The van der Waals surface area contributed by atoms with Crippen molar-refractivity contribution in [3.63, 3.8) is 0 Å². The van der Waals surface area contributed by atoms with Gasteiger partial charge in [0.2, 0.25) is 5.95 Å². The van der Waals surface area contributed by atoms with E-state index in [-0.39, 0.29) is 21.9 Å². The van der Waals surface area contributed by atoms with Crippen molar-refractivity contribution < 1.29 is 22.3 Å². The highest BCUT2D eigenvalue weighted by Gasteiger charge is 2.40. The molecular weight excluding hydrogens is 454 g/mol. The van der Waals surface area contributed by atoms with Crippen molar-refractivity contribution in [3.8, 4) is 0 Å². The highest BCUT2D eigenvalue weighted by molar-refractivity contribution is 7.90. The van der Waals surface area contributed by atoms with Crippen LogP contribution in [-0.2, 0) is 9.84 Å². The molecule has 0 radical (unpaired) electrons. The predicted molar refractivity (Wildman–Crippen MR) is 120 cm³/mol. The number of sulfone groups is 1. The van der Waals surface area contributed by atoms with E-state index in [1.54, 1.807) is 19.9 Å². The molecule has 0 unspecified atom stereocenters. The molecule has 0 saturated heterocycles. The molecule has 2 atom stereocenters. The van der Waals surface area contributed by atoms with E-state index in [1.165, 1.54) is 18.3 Å². The Balaban J connectivity index is 1.84. The number of alkyl halides is 2. The van der Waals surface area contributed by atoms with Crippen molar-refractivity contribution in [1.29, 1.82) is 0 Å². The molecule has 3 aromatic rings. The number of hydrogen-bond acceptors (Lipinski definition) is 7. The molecule has 1 aliphatic rings. The summed E-state index contributed by atoms with van der Waals surface area (Å²) in [5.41, 5.74) is -1.48. The maximum absolute atomic E-state index is 13.6. The third-order valence-electron chi connectivity index (χ3n) is 6.10. The maximum Gasteiger partial charge on any atom is 0.269 e. The van der Waals surface area contributed by atoms with Crippen LogP contribution in [0.3, 0.4) is 0 Å². The molecule has 0 amide bonds. The van der Waals surface area contributed by atoms with Crippen LogP contribution < -0.4 is 10.9 Å². The number of pyridine rings is 1. The molecular formula is C22H24F2N4O4S. The number of aliphatic hydroxyl groups is 1. The molecule has 1 fully saturated rings. The number of nitrogens with zero attached hydrogens (tertiary/aromatic N) is 3. The van der Waals surface area contributed by atoms with Crippen molar-refractivity contribution in [2.24, 2.45) is 0 Å². The largest absolute Gasteiger partial charge is 0.388 e. The average Bonchev–Trinajstić information content (AvgIpc) is 3.06. The average molecular weight is 479 g/mol. The summed E-state index contributed by atoms with van der Waals surface area (Å²) in [4.78, 5) is 21.8. The van der Waals surface area contributed by atoms with Crippen LogP contribution >= 0.6 is 0 Å². The molecule has 2 aromatic heterocycles. The van der Waals surface area contributed by atoms with Gasteiger partial charge < -0.3 is 10.4 Å². The predicted octanol–water partition coefficient (Wildman–Crippen LogP) is 3.66. The molecule has 0 bridgehead atoms. The van der Waals surface area contributed by atoms with Gasteiger partial charge in [0.05, 0.1) is 22.1 Å². The number of rotatable bonds is 5. The molecule has 1 aromatic carbocycles. The summed E-state index contributed by atoms with van der Waals surface area (Å²) in [6.07, 6.45) is 1.02. The normalized spacial score (nSPS) is 21.1. The first-order valence-corrected chi connectivity index (χ1v) is 12.3. The van der Waals surface area contributed by atoms with E-state index in [4.69, 9.17) is 0 Å². The molecule has 33 heavy (non-hydrogen) atoms. The van der Waals surface area contributed by atoms with E-state index >= 15 is 0 Å². The lowest BCUT2D eigenvalue weighted by atomic mass is 9.99. The highest BCUT2D eigenvalue weighted by atomic mass is 32.2. The summed E-state index contributed by atoms with van der Waals surface area (Å²) >= 11 is 0. The van der Waals surface area contributed by atoms with Crippen molar-refractivity contribution in [1.82, 2.24) is 14.5 Å². The lowest BCUT2D eigenvalue weighted by Gasteiger charge is -2.28. The molecule has 1 aliphatic carbocycles. The number of fused-ring (bicyclic) bond motifs is 1. The standard InChI is InChI=1S/C22H24F2N4O4S/c1-12-9-14(33(3,31)32)6-7-16(12)26-21-25-11-13-10-15(18(23)24)20(29)28(19(13)27-21)17-5-4-8-22(17,2)30/h6-7,9-11,17-18,30H,4-5,8H2,1-3H3,(H,25,26,27)/t17-,22-/m1/s1. The molecule has 0 spiro atoms. The Morgan fingerprint density at radius 1 is 1.30 bits per heavy atom. The number of anilines is 2. The van der Waals surface area contributed by atoms with Gasteiger partial charge in [0.25, 0.3) is 12.0 Å². The van der Waals surface area contributed by atoms with Gasteiger partial charge in [0.15, 0.2) is 9.84 Å².